The van der Waals surface area contributed by atoms with Gasteiger partial charge in [-0.15, -0.1) is 11.8 Å². The van der Waals surface area contributed by atoms with Crippen molar-refractivity contribution >= 4 is 17.7 Å². The molecule has 1 aliphatic rings. The molecule has 4 nitrogen and oxygen atoms in total. The maximum Gasteiger partial charge on any atom is 0.338 e. The van der Waals surface area contributed by atoms with E-state index in [0.717, 1.165) is 16.3 Å². The van der Waals surface area contributed by atoms with Crippen LogP contribution in [0, 0.1) is 0 Å². The van der Waals surface area contributed by atoms with Crippen LogP contribution < -0.4 is 5.56 Å². The largest absolute Gasteiger partial charge is 0.465 e. The molecule has 20 heavy (non-hydrogen) atoms. The smallest absolute Gasteiger partial charge is 0.338 e. The van der Waals surface area contributed by atoms with Gasteiger partial charge >= 0.3 is 5.97 Å². The average Bonchev–Trinajstić information content (AvgIpc) is 2.96. The number of carbonyl (C=O) groups excluding carboxylic acids is 1. The van der Waals surface area contributed by atoms with E-state index in [0.29, 0.717) is 17.7 Å². The number of thioether (sulfide) groups is 1. The Morgan fingerprint density at radius 3 is 2.75 bits per heavy atom. The van der Waals surface area contributed by atoms with Crippen LogP contribution in [0.4, 0.5) is 0 Å². The van der Waals surface area contributed by atoms with Crippen molar-refractivity contribution in [2.24, 2.45) is 0 Å². The molecule has 0 N–H and O–H groups in total. The lowest BCUT2D eigenvalue weighted by Crippen LogP contribution is -2.24. The van der Waals surface area contributed by atoms with Crippen LogP contribution in [0.2, 0.25) is 0 Å². The summed E-state index contributed by atoms with van der Waals surface area (Å²) in [6.07, 6.45) is 0. The molecular formula is C15H13NO3S. The van der Waals surface area contributed by atoms with E-state index >= 15 is 0 Å². The van der Waals surface area contributed by atoms with Gasteiger partial charge in [0, 0.05) is 12.3 Å². The molecule has 0 saturated carbocycles. The van der Waals surface area contributed by atoms with Crippen LogP contribution >= 0.6 is 11.8 Å². The third-order valence-electron chi connectivity index (χ3n) is 3.29. The van der Waals surface area contributed by atoms with Gasteiger partial charge in [-0.25, -0.2) is 4.79 Å². The molecule has 3 rings (SSSR count). The predicted octanol–water partition coefficient (Wildman–Crippen LogP) is 2.41. The molecule has 102 valence electrons. The van der Waals surface area contributed by atoms with E-state index in [1.165, 1.54) is 7.11 Å². The van der Waals surface area contributed by atoms with Gasteiger partial charge in [0.2, 0.25) is 0 Å². The van der Waals surface area contributed by atoms with Crippen LogP contribution in [0.5, 0.6) is 0 Å². The van der Waals surface area contributed by atoms with E-state index < -0.39 is 5.97 Å². The Kier molecular flexibility index (Phi) is 3.36. The SMILES string of the molecule is COC(=O)c1cc2n(c(=O)c1-c1ccccc1)CCS2. The maximum absolute atomic E-state index is 12.6. The molecule has 1 aliphatic heterocycles. The number of hydrogen-bond acceptors (Lipinski definition) is 4. The summed E-state index contributed by atoms with van der Waals surface area (Å²) in [6.45, 7) is 0.681. The summed E-state index contributed by atoms with van der Waals surface area (Å²) < 4.78 is 6.54. The number of carbonyl (C=O) groups is 1. The van der Waals surface area contributed by atoms with Crippen molar-refractivity contribution in [1.29, 1.82) is 0 Å². The molecule has 2 aromatic rings. The number of esters is 1. The van der Waals surface area contributed by atoms with Crippen LogP contribution in [0.25, 0.3) is 11.1 Å². The topological polar surface area (TPSA) is 48.3 Å². The molecule has 1 aromatic heterocycles. The van der Waals surface area contributed by atoms with Crippen molar-refractivity contribution in [2.45, 2.75) is 11.6 Å². The molecule has 0 amide bonds. The van der Waals surface area contributed by atoms with E-state index in [2.05, 4.69) is 0 Å². The molecule has 1 aromatic carbocycles. The zero-order valence-electron chi connectivity index (χ0n) is 11.0. The van der Waals surface area contributed by atoms with Gasteiger partial charge in [0.25, 0.3) is 5.56 Å². The number of ether oxygens (including phenoxy) is 1. The maximum atomic E-state index is 12.6. The lowest BCUT2D eigenvalue weighted by molar-refractivity contribution is 0.0601. The second kappa shape index (κ2) is 5.17. The second-order valence-electron chi connectivity index (χ2n) is 4.43. The normalized spacial score (nSPS) is 13.1. The first-order valence-electron chi connectivity index (χ1n) is 6.26. The highest BCUT2D eigenvalue weighted by molar-refractivity contribution is 7.99. The zero-order chi connectivity index (χ0) is 14.1. The summed E-state index contributed by atoms with van der Waals surface area (Å²) in [5.74, 6) is 0.380. The lowest BCUT2D eigenvalue weighted by atomic mass is 10.0. The number of methoxy groups -OCH3 is 1. The number of benzene rings is 1. The fraction of sp³-hybridized carbons (Fsp3) is 0.200. The van der Waals surface area contributed by atoms with Crippen LogP contribution in [0.3, 0.4) is 0 Å². The summed E-state index contributed by atoms with van der Waals surface area (Å²) in [5, 5.41) is 0.829. The average molecular weight is 287 g/mol. The number of aromatic nitrogens is 1. The van der Waals surface area contributed by atoms with Crippen LogP contribution in [0.1, 0.15) is 10.4 Å². The number of pyridine rings is 1. The molecule has 2 heterocycles. The van der Waals surface area contributed by atoms with Crippen molar-refractivity contribution in [2.75, 3.05) is 12.9 Å². The van der Waals surface area contributed by atoms with Gasteiger partial charge in [-0.2, -0.15) is 0 Å². The van der Waals surface area contributed by atoms with Gasteiger partial charge in [0.1, 0.15) is 0 Å². The summed E-state index contributed by atoms with van der Waals surface area (Å²) >= 11 is 1.58. The van der Waals surface area contributed by atoms with Gasteiger partial charge in [0.05, 0.1) is 23.3 Å². The number of nitrogens with zero attached hydrogens (tertiary/aromatic N) is 1. The minimum atomic E-state index is -0.475. The molecule has 5 heteroatoms. The summed E-state index contributed by atoms with van der Waals surface area (Å²) in [5.41, 5.74) is 1.37. The van der Waals surface area contributed by atoms with E-state index in [4.69, 9.17) is 4.74 Å². The Hall–Kier alpha value is -2.01. The highest BCUT2D eigenvalue weighted by Crippen LogP contribution is 2.29. The molecule has 0 radical (unpaired) electrons. The molecule has 0 unspecified atom stereocenters. The fourth-order valence-electron chi connectivity index (χ4n) is 2.35. The predicted molar refractivity (Wildman–Crippen MR) is 78.2 cm³/mol. The van der Waals surface area contributed by atoms with Crippen LogP contribution in [-0.4, -0.2) is 23.4 Å². The van der Waals surface area contributed by atoms with Crippen molar-refractivity contribution < 1.29 is 9.53 Å². The van der Waals surface area contributed by atoms with E-state index in [-0.39, 0.29) is 5.56 Å². The molecule has 0 atom stereocenters. The second-order valence-corrected chi connectivity index (χ2v) is 5.55. The molecule has 0 fully saturated rings. The fourth-order valence-corrected chi connectivity index (χ4v) is 3.37. The van der Waals surface area contributed by atoms with Gasteiger partial charge in [0.15, 0.2) is 0 Å². The van der Waals surface area contributed by atoms with E-state index in [9.17, 15) is 9.59 Å². The Bertz CT molecular complexity index is 722. The zero-order valence-corrected chi connectivity index (χ0v) is 11.8. The monoisotopic (exact) mass is 287 g/mol. The molecular weight excluding hydrogens is 274 g/mol. The Balaban J connectivity index is 2.31. The third kappa shape index (κ3) is 2.04. The quantitative estimate of drug-likeness (QED) is 0.796. The first-order chi connectivity index (χ1) is 9.72. The Morgan fingerprint density at radius 1 is 1.30 bits per heavy atom. The van der Waals surface area contributed by atoms with E-state index in [1.807, 2.05) is 30.3 Å². The van der Waals surface area contributed by atoms with Crippen molar-refractivity contribution in [3.63, 3.8) is 0 Å². The summed E-state index contributed by atoms with van der Waals surface area (Å²) in [6, 6.07) is 11.0. The first kappa shape index (κ1) is 13.0. The van der Waals surface area contributed by atoms with Gasteiger partial charge in [-0.1, -0.05) is 30.3 Å². The summed E-state index contributed by atoms with van der Waals surface area (Å²) in [7, 11) is 1.33. The first-order valence-corrected chi connectivity index (χ1v) is 7.25. The number of fused-ring (bicyclic) bond motifs is 1. The van der Waals surface area contributed by atoms with Crippen molar-refractivity contribution in [3.8, 4) is 11.1 Å². The van der Waals surface area contributed by atoms with E-state index in [1.54, 1.807) is 22.4 Å². The summed E-state index contributed by atoms with van der Waals surface area (Å²) in [4.78, 5) is 24.6. The van der Waals surface area contributed by atoms with Crippen LogP contribution in [0.15, 0.2) is 46.2 Å². The van der Waals surface area contributed by atoms with Crippen molar-refractivity contribution in [3.05, 3.63) is 52.3 Å². The lowest BCUT2D eigenvalue weighted by Gasteiger charge is -2.11. The van der Waals surface area contributed by atoms with Gasteiger partial charge in [-0.05, 0) is 11.6 Å². The molecule has 0 spiro atoms. The van der Waals surface area contributed by atoms with Crippen LogP contribution in [-0.2, 0) is 11.3 Å². The molecule has 0 saturated heterocycles. The van der Waals surface area contributed by atoms with Gasteiger partial charge in [-0.3, -0.25) is 4.79 Å². The minimum Gasteiger partial charge on any atom is -0.465 e. The minimum absolute atomic E-state index is 0.126. The Labute approximate surface area is 120 Å². The van der Waals surface area contributed by atoms with Crippen molar-refractivity contribution in [1.82, 2.24) is 4.57 Å². The molecule has 0 bridgehead atoms. The highest BCUT2D eigenvalue weighted by Gasteiger charge is 2.23. The molecule has 0 aliphatic carbocycles. The third-order valence-corrected chi connectivity index (χ3v) is 4.32. The number of hydrogen-bond donors (Lipinski definition) is 0. The van der Waals surface area contributed by atoms with Gasteiger partial charge < -0.3 is 9.30 Å². The Morgan fingerprint density at radius 2 is 2.05 bits per heavy atom. The highest BCUT2D eigenvalue weighted by atomic mass is 32.2. The standard InChI is InChI=1S/C15H13NO3S/c1-19-15(18)11-9-12-16(7-8-20-12)14(17)13(11)10-5-3-2-4-6-10/h2-6,9H,7-8H2,1H3. The number of rotatable bonds is 2.